The van der Waals surface area contributed by atoms with Crippen LogP contribution < -0.4 is 10.9 Å². The molecule has 0 amide bonds. The topological polar surface area (TPSA) is 73.2 Å². The Morgan fingerprint density at radius 3 is 2.95 bits per heavy atom. The van der Waals surface area contributed by atoms with Gasteiger partial charge in [-0.1, -0.05) is 11.6 Å². The molecule has 0 spiro atoms. The summed E-state index contributed by atoms with van der Waals surface area (Å²) in [6, 6.07) is 0. The summed E-state index contributed by atoms with van der Waals surface area (Å²) in [5.74, 6) is 0.558. The number of aromatic nitrogens is 2. The summed E-state index contributed by atoms with van der Waals surface area (Å²) < 4.78 is 5.46. The van der Waals surface area contributed by atoms with E-state index < -0.39 is 11.5 Å². The lowest BCUT2D eigenvalue weighted by Crippen LogP contribution is -2.28. The number of hydrogen-bond acceptors (Lipinski definition) is 6. The molecule has 1 aromatic heterocycles. The molecule has 1 aromatic rings. The molecule has 0 aliphatic rings. The molecule has 6 nitrogen and oxygen atoms in total. The van der Waals surface area contributed by atoms with Gasteiger partial charge in [0.05, 0.1) is 19.0 Å². The standard InChI is InChI=1S/C12H18ClN3O3S/c1-19-10(17)8-16-12(18)11(13)9(7-15-16)14-5-3-4-6-20-2/h7,14H,3-6,8H2,1-2H3. The number of hydrogen-bond donors (Lipinski definition) is 1. The van der Waals surface area contributed by atoms with Gasteiger partial charge in [0.25, 0.3) is 5.56 Å². The molecule has 0 aliphatic heterocycles. The molecule has 0 aliphatic carbocycles. The molecule has 0 fully saturated rings. The molecule has 0 saturated carbocycles. The zero-order valence-corrected chi connectivity index (χ0v) is 13.1. The summed E-state index contributed by atoms with van der Waals surface area (Å²) in [5, 5.41) is 7.00. The highest BCUT2D eigenvalue weighted by Gasteiger charge is 2.11. The van der Waals surface area contributed by atoms with Crippen LogP contribution in [0.1, 0.15) is 12.8 Å². The molecule has 112 valence electrons. The van der Waals surface area contributed by atoms with Gasteiger partial charge in [-0.15, -0.1) is 0 Å². The van der Waals surface area contributed by atoms with Crippen LogP contribution in [0.4, 0.5) is 5.69 Å². The number of nitrogens with zero attached hydrogens (tertiary/aromatic N) is 2. The highest BCUT2D eigenvalue weighted by Crippen LogP contribution is 2.15. The molecule has 0 bridgehead atoms. The first kappa shape index (κ1) is 16.8. The molecule has 0 atom stereocenters. The fraction of sp³-hybridized carbons (Fsp3) is 0.583. The molecule has 0 radical (unpaired) electrons. The van der Waals surface area contributed by atoms with E-state index in [4.69, 9.17) is 11.6 Å². The van der Waals surface area contributed by atoms with E-state index in [1.807, 2.05) is 0 Å². The number of thioether (sulfide) groups is 1. The van der Waals surface area contributed by atoms with E-state index in [9.17, 15) is 9.59 Å². The van der Waals surface area contributed by atoms with Crippen molar-refractivity contribution in [2.24, 2.45) is 0 Å². The summed E-state index contributed by atoms with van der Waals surface area (Å²) in [4.78, 5) is 23.0. The summed E-state index contributed by atoms with van der Waals surface area (Å²) >= 11 is 7.77. The number of nitrogens with one attached hydrogen (secondary N) is 1. The van der Waals surface area contributed by atoms with E-state index in [1.54, 1.807) is 11.8 Å². The zero-order valence-electron chi connectivity index (χ0n) is 11.5. The minimum Gasteiger partial charge on any atom is -0.468 e. The van der Waals surface area contributed by atoms with Crippen molar-refractivity contribution in [1.82, 2.24) is 9.78 Å². The van der Waals surface area contributed by atoms with E-state index in [0.717, 1.165) is 29.8 Å². The lowest BCUT2D eigenvalue weighted by molar-refractivity contribution is -0.141. The van der Waals surface area contributed by atoms with Gasteiger partial charge in [0.2, 0.25) is 0 Å². The van der Waals surface area contributed by atoms with Gasteiger partial charge >= 0.3 is 5.97 Å². The van der Waals surface area contributed by atoms with Crippen LogP contribution in [0.2, 0.25) is 5.02 Å². The first-order valence-corrected chi connectivity index (χ1v) is 7.92. The van der Waals surface area contributed by atoms with Gasteiger partial charge in [-0.05, 0) is 24.9 Å². The zero-order chi connectivity index (χ0) is 15.0. The van der Waals surface area contributed by atoms with Crippen molar-refractivity contribution in [3.63, 3.8) is 0 Å². The minimum atomic E-state index is -0.548. The number of unbranched alkanes of at least 4 members (excludes halogenated alkanes) is 1. The van der Waals surface area contributed by atoms with Crippen molar-refractivity contribution in [2.75, 3.05) is 31.0 Å². The maximum absolute atomic E-state index is 11.9. The Labute approximate surface area is 126 Å². The number of carbonyl (C=O) groups is 1. The number of halogens is 1. The third kappa shape index (κ3) is 5.05. The molecule has 1 N–H and O–H groups in total. The lowest BCUT2D eigenvalue weighted by Gasteiger charge is -2.09. The number of methoxy groups -OCH3 is 1. The lowest BCUT2D eigenvalue weighted by atomic mass is 10.3. The Kier molecular flexibility index (Phi) is 7.46. The van der Waals surface area contributed by atoms with Crippen LogP contribution >= 0.6 is 23.4 Å². The van der Waals surface area contributed by atoms with Gasteiger partial charge < -0.3 is 10.1 Å². The molecular weight excluding hydrogens is 302 g/mol. The van der Waals surface area contributed by atoms with Crippen LogP contribution in [0, 0.1) is 0 Å². The predicted octanol–water partition coefficient (Wildman–Crippen LogP) is 1.62. The van der Waals surface area contributed by atoms with Gasteiger partial charge in [-0.3, -0.25) is 9.59 Å². The van der Waals surface area contributed by atoms with Crippen molar-refractivity contribution in [3.8, 4) is 0 Å². The fourth-order valence-corrected chi connectivity index (χ4v) is 2.19. The van der Waals surface area contributed by atoms with E-state index in [0.29, 0.717) is 5.69 Å². The molecule has 0 saturated heterocycles. The Balaban J connectivity index is 2.64. The van der Waals surface area contributed by atoms with Crippen LogP contribution in [-0.2, 0) is 16.1 Å². The Morgan fingerprint density at radius 1 is 1.55 bits per heavy atom. The fourth-order valence-electron chi connectivity index (χ4n) is 1.48. The summed E-state index contributed by atoms with van der Waals surface area (Å²) in [5.41, 5.74) is -0.0203. The first-order valence-electron chi connectivity index (χ1n) is 6.15. The van der Waals surface area contributed by atoms with Gasteiger partial charge in [0, 0.05) is 6.54 Å². The SMILES string of the molecule is COC(=O)Cn1ncc(NCCCCSC)c(Cl)c1=O. The third-order valence-corrected chi connectivity index (χ3v) is 3.64. The number of ether oxygens (including phenoxy) is 1. The maximum atomic E-state index is 11.9. The third-order valence-electron chi connectivity index (χ3n) is 2.58. The normalized spacial score (nSPS) is 10.3. The van der Waals surface area contributed by atoms with Crippen LogP contribution in [0.3, 0.4) is 0 Å². The second-order valence-corrected chi connectivity index (χ2v) is 5.40. The van der Waals surface area contributed by atoms with Crippen LogP contribution in [0.25, 0.3) is 0 Å². The predicted molar refractivity (Wildman–Crippen MR) is 81.6 cm³/mol. The smallest absolute Gasteiger partial charge is 0.327 e. The van der Waals surface area contributed by atoms with Gasteiger partial charge in [0.1, 0.15) is 11.6 Å². The van der Waals surface area contributed by atoms with Crippen molar-refractivity contribution >= 4 is 35.0 Å². The Hall–Kier alpha value is -1.21. The van der Waals surface area contributed by atoms with E-state index in [-0.39, 0.29) is 11.6 Å². The molecule has 1 heterocycles. The average Bonchev–Trinajstić information content (AvgIpc) is 2.45. The van der Waals surface area contributed by atoms with E-state index >= 15 is 0 Å². The van der Waals surface area contributed by atoms with Crippen LogP contribution in [0.15, 0.2) is 11.0 Å². The Morgan fingerprint density at radius 2 is 2.30 bits per heavy atom. The van der Waals surface area contributed by atoms with E-state index in [1.165, 1.54) is 13.3 Å². The first-order chi connectivity index (χ1) is 9.60. The average molecular weight is 320 g/mol. The number of carbonyl (C=O) groups excluding carboxylic acids is 1. The second kappa shape index (κ2) is 8.86. The van der Waals surface area contributed by atoms with Crippen LogP contribution in [-0.4, -0.2) is 41.4 Å². The van der Waals surface area contributed by atoms with Gasteiger partial charge in [-0.2, -0.15) is 16.9 Å². The van der Waals surface area contributed by atoms with Gasteiger partial charge in [0.15, 0.2) is 0 Å². The largest absolute Gasteiger partial charge is 0.468 e. The Bertz CT molecular complexity index is 507. The van der Waals surface area contributed by atoms with Crippen LogP contribution in [0.5, 0.6) is 0 Å². The molecular formula is C12H18ClN3O3S. The number of esters is 1. The number of rotatable bonds is 8. The van der Waals surface area contributed by atoms with E-state index in [2.05, 4.69) is 21.4 Å². The van der Waals surface area contributed by atoms with Crippen molar-refractivity contribution in [2.45, 2.75) is 19.4 Å². The van der Waals surface area contributed by atoms with Crippen molar-refractivity contribution in [1.29, 1.82) is 0 Å². The van der Waals surface area contributed by atoms with Crippen molar-refractivity contribution in [3.05, 3.63) is 21.6 Å². The maximum Gasteiger partial charge on any atom is 0.327 e. The molecule has 1 rings (SSSR count). The van der Waals surface area contributed by atoms with Crippen molar-refractivity contribution < 1.29 is 9.53 Å². The molecule has 0 aromatic carbocycles. The van der Waals surface area contributed by atoms with Gasteiger partial charge in [-0.25, -0.2) is 4.68 Å². The minimum absolute atomic E-state index is 0.0359. The summed E-state index contributed by atoms with van der Waals surface area (Å²) in [6.45, 7) is 0.478. The quantitative estimate of drug-likeness (QED) is 0.580. The highest BCUT2D eigenvalue weighted by molar-refractivity contribution is 7.98. The second-order valence-electron chi connectivity index (χ2n) is 4.04. The summed E-state index contributed by atoms with van der Waals surface area (Å²) in [7, 11) is 1.25. The molecule has 0 unspecified atom stereocenters. The molecule has 20 heavy (non-hydrogen) atoms. The molecule has 8 heteroatoms. The number of anilines is 1. The monoisotopic (exact) mass is 319 g/mol. The summed E-state index contributed by atoms with van der Waals surface area (Å²) in [6.07, 6.45) is 5.59. The highest BCUT2D eigenvalue weighted by atomic mass is 35.5.